The lowest BCUT2D eigenvalue weighted by atomic mass is 9.91. The fourth-order valence-electron chi connectivity index (χ4n) is 4.64. The Labute approximate surface area is 169 Å². The maximum absolute atomic E-state index is 6.39. The van der Waals surface area contributed by atoms with Crippen LogP contribution in [0.1, 0.15) is 43.2 Å². The van der Waals surface area contributed by atoms with E-state index in [4.69, 9.17) is 9.47 Å². The molecule has 3 atom stereocenters. The van der Waals surface area contributed by atoms with Gasteiger partial charge in [0.2, 0.25) is 0 Å². The van der Waals surface area contributed by atoms with E-state index in [1.54, 1.807) is 0 Å². The Balaban J connectivity index is 1.24. The molecular weight excluding hydrogens is 346 g/mol. The standard InChI is InChI=1S/C25H33NO2/c1-3-9-21(10-4-1)16-18-27-25-14-8-7-13-24(25)26-17-15-23(19-26)28-20-22-11-5-2-6-12-22/h1-6,9-12,23-25H,7-8,13-20H2. The van der Waals surface area contributed by atoms with E-state index in [1.165, 1.54) is 36.8 Å². The van der Waals surface area contributed by atoms with Crippen molar-refractivity contribution in [2.75, 3.05) is 19.7 Å². The Hall–Kier alpha value is -1.68. The maximum Gasteiger partial charge on any atom is 0.0730 e. The third-order valence-corrected chi connectivity index (χ3v) is 6.21. The minimum Gasteiger partial charge on any atom is -0.376 e. The van der Waals surface area contributed by atoms with Crippen LogP contribution < -0.4 is 0 Å². The molecule has 150 valence electrons. The molecule has 2 aliphatic rings. The van der Waals surface area contributed by atoms with Crippen LogP contribution in [-0.2, 0) is 22.5 Å². The summed E-state index contributed by atoms with van der Waals surface area (Å²) in [6.07, 6.45) is 7.97. The van der Waals surface area contributed by atoms with Gasteiger partial charge in [-0.1, -0.05) is 73.5 Å². The van der Waals surface area contributed by atoms with Crippen LogP contribution in [0, 0.1) is 0 Å². The SMILES string of the molecule is c1ccc(CCOC2CCCCC2N2CCC(OCc3ccccc3)C2)cc1. The van der Waals surface area contributed by atoms with Crippen LogP contribution in [0.5, 0.6) is 0 Å². The third kappa shape index (κ3) is 5.44. The first-order valence-electron chi connectivity index (χ1n) is 10.9. The average Bonchev–Trinajstić information content (AvgIpc) is 3.23. The lowest BCUT2D eigenvalue weighted by molar-refractivity contribution is -0.0352. The number of rotatable bonds is 8. The molecule has 4 rings (SSSR count). The molecule has 0 N–H and O–H groups in total. The maximum atomic E-state index is 6.39. The molecule has 2 aromatic carbocycles. The highest BCUT2D eigenvalue weighted by Gasteiger charge is 2.35. The molecule has 3 nitrogen and oxygen atoms in total. The highest BCUT2D eigenvalue weighted by Crippen LogP contribution is 2.29. The second kappa shape index (κ2) is 10.2. The summed E-state index contributed by atoms with van der Waals surface area (Å²) in [6, 6.07) is 21.8. The lowest BCUT2D eigenvalue weighted by Gasteiger charge is -2.37. The molecule has 1 saturated heterocycles. The van der Waals surface area contributed by atoms with Gasteiger partial charge in [0.05, 0.1) is 25.4 Å². The zero-order chi connectivity index (χ0) is 19.0. The van der Waals surface area contributed by atoms with Crippen molar-refractivity contribution < 1.29 is 9.47 Å². The number of hydrogen-bond donors (Lipinski definition) is 0. The molecular formula is C25H33NO2. The Morgan fingerprint density at radius 2 is 1.50 bits per heavy atom. The van der Waals surface area contributed by atoms with Crippen molar-refractivity contribution in [3.8, 4) is 0 Å². The van der Waals surface area contributed by atoms with Crippen LogP contribution in [0.25, 0.3) is 0 Å². The van der Waals surface area contributed by atoms with Crippen molar-refractivity contribution >= 4 is 0 Å². The molecule has 1 aliphatic carbocycles. The van der Waals surface area contributed by atoms with Crippen molar-refractivity contribution in [3.05, 3.63) is 71.8 Å². The van der Waals surface area contributed by atoms with Crippen LogP contribution in [0.4, 0.5) is 0 Å². The molecule has 0 bridgehead atoms. The van der Waals surface area contributed by atoms with Gasteiger partial charge >= 0.3 is 0 Å². The Bertz CT molecular complexity index is 690. The molecule has 2 fully saturated rings. The monoisotopic (exact) mass is 379 g/mol. The van der Waals surface area contributed by atoms with Crippen LogP contribution in [0.15, 0.2) is 60.7 Å². The van der Waals surface area contributed by atoms with E-state index in [0.717, 1.165) is 39.1 Å². The fourth-order valence-corrected chi connectivity index (χ4v) is 4.64. The molecule has 3 unspecified atom stereocenters. The lowest BCUT2D eigenvalue weighted by Crippen LogP contribution is -2.46. The van der Waals surface area contributed by atoms with Crippen molar-refractivity contribution in [1.82, 2.24) is 4.90 Å². The van der Waals surface area contributed by atoms with Gasteiger partial charge < -0.3 is 9.47 Å². The number of ether oxygens (including phenoxy) is 2. The molecule has 1 heterocycles. The summed E-state index contributed by atoms with van der Waals surface area (Å²) < 4.78 is 12.6. The van der Waals surface area contributed by atoms with Gasteiger partial charge in [-0.3, -0.25) is 4.90 Å². The molecule has 0 aromatic heterocycles. The molecule has 0 radical (unpaired) electrons. The third-order valence-electron chi connectivity index (χ3n) is 6.21. The summed E-state index contributed by atoms with van der Waals surface area (Å²) in [5, 5.41) is 0. The molecule has 1 saturated carbocycles. The zero-order valence-electron chi connectivity index (χ0n) is 16.8. The van der Waals surface area contributed by atoms with Crippen LogP contribution in [0.3, 0.4) is 0 Å². The van der Waals surface area contributed by atoms with Crippen molar-refractivity contribution in [3.63, 3.8) is 0 Å². The number of likely N-dealkylation sites (tertiary alicyclic amines) is 1. The normalized spacial score (nSPS) is 25.8. The van der Waals surface area contributed by atoms with Crippen LogP contribution in [-0.4, -0.2) is 42.8 Å². The van der Waals surface area contributed by atoms with E-state index in [9.17, 15) is 0 Å². The topological polar surface area (TPSA) is 21.7 Å². The van der Waals surface area contributed by atoms with Gasteiger partial charge in [-0.05, 0) is 36.8 Å². The number of hydrogen-bond acceptors (Lipinski definition) is 3. The van der Waals surface area contributed by atoms with E-state index in [2.05, 4.69) is 65.6 Å². The Morgan fingerprint density at radius 3 is 2.29 bits per heavy atom. The predicted molar refractivity (Wildman–Crippen MR) is 113 cm³/mol. The van der Waals surface area contributed by atoms with Gasteiger partial charge in [0, 0.05) is 19.1 Å². The first kappa shape index (κ1) is 19.6. The molecule has 28 heavy (non-hydrogen) atoms. The smallest absolute Gasteiger partial charge is 0.0730 e. The van der Waals surface area contributed by atoms with Crippen molar-refractivity contribution in [2.24, 2.45) is 0 Å². The summed E-state index contributed by atoms with van der Waals surface area (Å²) in [5.74, 6) is 0. The summed E-state index contributed by atoms with van der Waals surface area (Å²) in [5.41, 5.74) is 2.63. The van der Waals surface area contributed by atoms with Crippen molar-refractivity contribution in [1.29, 1.82) is 0 Å². The van der Waals surface area contributed by atoms with Crippen molar-refractivity contribution in [2.45, 2.75) is 63.4 Å². The quantitative estimate of drug-likeness (QED) is 0.654. The Morgan fingerprint density at radius 1 is 0.786 bits per heavy atom. The summed E-state index contributed by atoms with van der Waals surface area (Å²) >= 11 is 0. The van der Waals surface area contributed by atoms with E-state index >= 15 is 0 Å². The molecule has 2 aromatic rings. The molecule has 1 aliphatic heterocycles. The van der Waals surface area contributed by atoms with Crippen LogP contribution in [0.2, 0.25) is 0 Å². The first-order chi connectivity index (χ1) is 13.9. The molecule has 3 heteroatoms. The average molecular weight is 380 g/mol. The van der Waals surface area contributed by atoms with E-state index in [-0.39, 0.29) is 0 Å². The minimum absolute atomic E-state index is 0.354. The van der Waals surface area contributed by atoms with E-state index in [1.807, 2.05) is 0 Å². The minimum atomic E-state index is 0.354. The first-order valence-corrected chi connectivity index (χ1v) is 10.9. The van der Waals surface area contributed by atoms with Gasteiger partial charge in [0.1, 0.15) is 0 Å². The predicted octanol–water partition coefficient (Wildman–Crippen LogP) is 4.85. The summed E-state index contributed by atoms with van der Waals surface area (Å²) in [6.45, 7) is 3.74. The van der Waals surface area contributed by atoms with Gasteiger partial charge in [0.25, 0.3) is 0 Å². The second-order valence-corrected chi connectivity index (χ2v) is 8.20. The van der Waals surface area contributed by atoms with Gasteiger partial charge in [-0.25, -0.2) is 0 Å². The highest BCUT2D eigenvalue weighted by molar-refractivity contribution is 5.15. The Kier molecular flexibility index (Phi) is 7.15. The number of benzene rings is 2. The van der Waals surface area contributed by atoms with Gasteiger partial charge in [-0.15, -0.1) is 0 Å². The summed E-state index contributed by atoms with van der Waals surface area (Å²) in [7, 11) is 0. The number of nitrogens with zero attached hydrogens (tertiary/aromatic N) is 1. The second-order valence-electron chi connectivity index (χ2n) is 8.20. The molecule has 0 amide bonds. The van der Waals surface area contributed by atoms with Crippen LogP contribution >= 0.6 is 0 Å². The fraction of sp³-hybridized carbons (Fsp3) is 0.520. The summed E-state index contributed by atoms with van der Waals surface area (Å²) in [4.78, 5) is 2.64. The highest BCUT2D eigenvalue weighted by atomic mass is 16.5. The van der Waals surface area contributed by atoms with Gasteiger partial charge in [-0.2, -0.15) is 0 Å². The van der Waals surface area contributed by atoms with Gasteiger partial charge in [0.15, 0.2) is 0 Å². The van der Waals surface area contributed by atoms with E-state index < -0.39 is 0 Å². The van der Waals surface area contributed by atoms with E-state index in [0.29, 0.717) is 18.2 Å². The zero-order valence-corrected chi connectivity index (χ0v) is 16.8. The largest absolute Gasteiger partial charge is 0.376 e. The molecule has 0 spiro atoms.